The zero-order valence-electron chi connectivity index (χ0n) is 10.5. The number of esters is 1. The number of anilines is 1. The summed E-state index contributed by atoms with van der Waals surface area (Å²) in [5.74, 6) is -1.05. The van der Waals surface area contributed by atoms with Gasteiger partial charge in [0.25, 0.3) is 0 Å². The number of ether oxygens (including phenoxy) is 1. The van der Waals surface area contributed by atoms with Gasteiger partial charge in [-0.05, 0) is 25.1 Å². The van der Waals surface area contributed by atoms with Crippen molar-refractivity contribution in [2.75, 3.05) is 12.4 Å². The zero-order chi connectivity index (χ0) is 14.4. The number of nitrogens with one attached hydrogen (secondary N) is 2. The molecule has 0 bridgehead atoms. The monoisotopic (exact) mass is 288 g/mol. The van der Waals surface area contributed by atoms with E-state index in [1.165, 1.54) is 19.2 Å². The van der Waals surface area contributed by atoms with Crippen molar-refractivity contribution in [1.82, 2.24) is 5.32 Å². The number of amides is 2. The van der Waals surface area contributed by atoms with Crippen LogP contribution in [0.15, 0.2) is 18.2 Å². The van der Waals surface area contributed by atoms with Gasteiger partial charge in [-0.3, -0.25) is 4.79 Å². The molecule has 0 saturated heterocycles. The lowest BCUT2D eigenvalue weighted by molar-refractivity contribution is -0.141. The number of methoxy groups -OCH3 is 1. The van der Waals surface area contributed by atoms with Crippen molar-refractivity contribution in [2.24, 2.45) is 0 Å². The minimum absolute atomic E-state index is 0.0231. The summed E-state index contributed by atoms with van der Waals surface area (Å²) in [5.41, 5.74) is 0.268. The molecule has 0 heterocycles. The van der Waals surface area contributed by atoms with Crippen LogP contribution in [0.2, 0.25) is 5.02 Å². The van der Waals surface area contributed by atoms with Crippen LogP contribution >= 0.6 is 11.6 Å². The fraction of sp³-hybridized carbons (Fsp3) is 0.333. The quantitative estimate of drug-likeness (QED) is 0.837. The SMILES string of the molecule is COC(=O)C[C@H](C)NC(=O)Nc1ccc(Cl)c(F)c1. The topological polar surface area (TPSA) is 67.4 Å². The molecule has 0 aliphatic carbocycles. The highest BCUT2D eigenvalue weighted by Gasteiger charge is 2.12. The maximum absolute atomic E-state index is 13.1. The standard InChI is InChI=1S/C12H14ClFN2O3/c1-7(5-11(17)19-2)15-12(18)16-8-3-4-9(13)10(14)6-8/h3-4,6-7H,5H2,1-2H3,(H2,15,16,18)/t7-/m0/s1. The molecule has 104 valence electrons. The molecule has 0 aliphatic heterocycles. The van der Waals surface area contributed by atoms with E-state index < -0.39 is 23.9 Å². The summed E-state index contributed by atoms with van der Waals surface area (Å²) < 4.78 is 17.6. The van der Waals surface area contributed by atoms with Crippen LogP contribution in [-0.4, -0.2) is 25.2 Å². The first-order valence-corrected chi connectivity index (χ1v) is 5.89. The molecule has 0 unspecified atom stereocenters. The number of carbonyl (C=O) groups excluding carboxylic acids is 2. The van der Waals surface area contributed by atoms with Crippen molar-refractivity contribution in [1.29, 1.82) is 0 Å². The third-order valence-electron chi connectivity index (χ3n) is 2.26. The van der Waals surface area contributed by atoms with Crippen molar-refractivity contribution in [3.63, 3.8) is 0 Å². The van der Waals surface area contributed by atoms with Gasteiger partial charge in [0.05, 0.1) is 18.6 Å². The van der Waals surface area contributed by atoms with Gasteiger partial charge in [0.2, 0.25) is 0 Å². The summed E-state index contributed by atoms with van der Waals surface area (Å²) in [7, 11) is 1.27. The van der Waals surface area contributed by atoms with Crippen molar-refractivity contribution < 1.29 is 18.7 Å². The first-order valence-electron chi connectivity index (χ1n) is 5.51. The largest absolute Gasteiger partial charge is 0.469 e. The van der Waals surface area contributed by atoms with Crippen LogP contribution in [0.25, 0.3) is 0 Å². The Hall–Kier alpha value is -1.82. The highest BCUT2D eigenvalue weighted by Crippen LogP contribution is 2.18. The molecule has 1 rings (SSSR count). The number of benzene rings is 1. The Balaban J connectivity index is 2.50. The predicted molar refractivity (Wildman–Crippen MR) is 69.7 cm³/mol. The fourth-order valence-electron chi connectivity index (χ4n) is 1.35. The average Bonchev–Trinajstić information content (AvgIpc) is 2.33. The van der Waals surface area contributed by atoms with Gasteiger partial charge >= 0.3 is 12.0 Å². The van der Waals surface area contributed by atoms with Gasteiger partial charge in [-0.15, -0.1) is 0 Å². The second-order valence-electron chi connectivity index (χ2n) is 3.91. The molecule has 19 heavy (non-hydrogen) atoms. The zero-order valence-corrected chi connectivity index (χ0v) is 11.3. The Labute approximate surface area is 115 Å². The Bertz CT molecular complexity index is 482. The van der Waals surface area contributed by atoms with E-state index in [0.29, 0.717) is 0 Å². The number of halogens is 2. The predicted octanol–water partition coefficient (Wildman–Crippen LogP) is 2.55. The number of hydrogen-bond donors (Lipinski definition) is 2. The van der Waals surface area contributed by atoms with Crippen LogP contribution in [-0.2, 0) is 9.53 Å². The molecule has 0 saturated carbocycles. The van der Waals surface area contributed by atoms with E-state index in [9.17, 15) is 14.0 Å². The molecule has 0 fully saturated rings. The summed E-state index contributed by atoms with van der Waals surface area (Å²) in [6.45, 7) is 1.65. The Kier molecular flexibility index (Phi) is 5.57. The van der Waals surface area contributed by atoms with Gasteiger partial charge in [0.1, 0.15) is 5.82 Å². The fourth-order valence-corrected chi connectivity index (χ4v) is 1.47. The van der Waals surface area contributed by atoms with E-state index in [1.807, 2.05) is 0 Å². The van der Waals surface area contributed by atoms with Crippen LogP contribution in [0.5, 0.6) is 0 Å². The molecule has 1 aromatic carbocycles. The number of carbonyl (C=O) groups is 2. The average molecular weight is 289 g/mol. The van der Waals surface area contributed by atoms with Gasteiger partial charge in [-0.1, -0.05) is 11.6 Å². The van der Waals surface area contributed by atoms with Crippen molar-refractivity contribution in [3.05, 3.63) is 29.0 Å². The highest BCUT2D eigenvalue weighted by atomic mass is 35.5. The molecule has 2 N–H and O–H groups in total. The Morgan fingerprint density at radius 1 is 1.47 bits per heavy atom. The summed E-state index contributed by atoms with van der Waals surface area (Å²) in [6.07, 6.45) is 0.0545. The summed E-state index contributed by atoms with van der Waals surface area (Å²) in [5, 5.41) is 4.93. The van der Waals surface area contributed by atoms with Crippen LogP contribution in [0.3, 0.4) is 0 Å². The van der Waals surface area contributed by atoms with Crippen molar-refractivity contribution in [2.45, 2.75) is 19.4 Å². The minimum Gasteiger partial charge on any atom is -0.469 e. The Morgan fingerprint density at radius 2 is 2.16 bits per heavy atom. The maximum Gasteiger partial charge on any atom is 0.319 e. The molecule has 1 atom stereocenters. The summed E-state index contributed by atoms with van der Waals surface area (Å²) >= 11 is 5.52. The summed E-state index contributed by atoms with van der Waals surface area (Å²) in [4.78, 5) is 22.5. The van der Waals surface area contributed by atoms with Gasteiger partial charge < -0.3 is 15.4 Å². The molecule has 5 nitrogen and oxygen atoms in total. The maximum atomic E-state index is 13.1. The first-order chi connectivity index (χ1) is 8.92. The molecular weight excluding hydrogens is 275 g/mol. The van der Waals surface area contributed by atoms with Gasteiger partial charge in [0.15, 0.2) is 0 Å². The van der Waals surface area contributed by atoms with Crippen LogP contribution < -0.4 is 10.6 Å². The highest BCUT2D eigenvalue weighted by molar-refractivity contribution is 6.30. The third-order valence-corrected chi connectivity index (χ3v) is 2.56. The molecule has 7 heteroatoms. The van der Waals surface area contributed by atoms with E-state index in [4.69, 9.17) is 11.6 Å². The van der Waals surface area contributed by atoms with Crippen molar-refractivity contribution >= 4 is 29.3 Å². The van der Waals surface area contributed by atoms with E-state index >= 15 is 0 Å². The van der Waals surface area contributed by atoms with E-state index in [2.05, 4.69) is 15.4 Å². The van der Waals surface area contributed by atoms with Crippen LogP contribution in [0.1, 0.15) is 13.3 Å². The minimum atomic E-state index is -0.623. The molecular formula is C12H14ClFN2O3. The molecule has 0 radical (unpaired) electrons. The lowest BCUT2D eigenvalue weighted by Gasteiger charge is -2.13. The molecule has 0 aliphatic rings. The molecule has 1 aromatic rings. The number of rotatable bonds is 4. The van der Waals surface area contributed by atoms with Crippen molar-refractivity contribution in [3.8, 4) is 0 Å². The van der Waals surface area contributed by atoms with Crippen LogP contribution in [0, 0.1) is 5.82 Å². The lowest BCUT2D eigenvalue weighted by atomic mass is 10.2. The number of hydrogen-bond acceptors (Lipinski definition) is 3. The third kappa shape index (κ3) is 5.13. The molecule has 2 amide bonds. The molecule has 0 spiro atoms. The first kappa shape index (κ1) is 15.2. The van der Waals surface area contributed by atoms with Gasteiger partial charge in [0, 0.05) is 11.7 Å². The van der Waals surface area contributed by atoms with Gasteiger partial charge in [-0.2, -0.15) is 0 Å². The second-order valence-corrected chi connectivity index (χ2v) is 4.32. The Morgan fingerprint density at radius 3 is 2.74 bits per heavy atom. The summed E-state index contributed by atoms with van der Waals surface area (Å²) in [6, 6.07) is 2.97. The normalized spacial score (nSPS) is 11.6. The number of urea groups is 1. The van der Waals surface area contributed by atoms with E-state index in [1.54, 1.807) is 6.92 Å². The molecule has 0 aromatic heterocycles. The smallest absolute Gasteiger partial charge is 0.319 e. The van der Waals surface area contributed by atoms with E-state index in [0.717, 1.165) is 6.07 Å². The lowest BCUT2D eigenvalue weighted by Crippen LogP contribution is -2.37. The van der Waals surface area contributed by atoms with Gasteiger partial charge in [-0.25, -0.2) is 9.18 Å². The second kappa shape index (κ2) is 6.94. The van der Waals surface area contributed by atoms with Crippen LogP contribution in [0.4, 0.5) is 14.9 Å². The van der Waals surface area contributed by atoms with E-state index in [-0.39, 0.29) is 17.1 Å².